The fraction of sp³-hybridized carbons (Fsp3) is 0.111. The summed E-state index contributed by atoms with van der Waals surface area (Å²) in [5.74, 6) is -0.941. The van der Waals surface area contributed by atoms with Gasteiger partial charge in [-0.25, -0.2) is 0 Å². The second kappa shape index (κ2) is 3.97. The highest BCUT2D eigenvalue weighted by Crippen LogP contribution is 2.14. The van der Waals surface area contributed by atoms with Crippen LogP contribution in [0.3, 0.4) is 0 Å². The van der Waals surface area contributed by atoms with Gasteiger partial charge in [0.2, 0.25) is 0 Å². The van der Waals surface area contributed by atoms with Gasteiger partial charge in [-0.15, -0.1) is 12.6 Å². The molecule has 0 fully saturated rings. The van der Waals surface area contributed by atoms with Crippen molar-refractivity contribution in [2.45, 2.75) is 11.3 Å². The Bertz CT molecular complexity index is 382. The fourth-order valence-corrected chi connectivity index (χ4v) is 1.19. The topological polar surface area (TPSA) is 61.1 Å². The van der Waals surface area contributed by atoms with Crippen LogP contribution in [0.4, 0.5) is 0 Å². The lowest BCUT2D eigenvalue weighted by atomic mass is 10.1. The maximum absolute atomic E-state index is 10.4. The standard InChI is InChI=1S/C9H7NO2S/c10-5-7-3-8(13)2-1-6(7)4-9(11)12/h1-3,13H,4H2,(H,11,12). The van der Waals surface area contributed by atoms with Gasteiger partial charge in [-0.2, -0.15) is 5.26 Å². The first kappa shape index (κ1) is 9.62. The van der Waals surface area contributed by atoms with Gasteiger partial charge in [0.1, 0.15) is 0 Å². The number of thiol groups is 1. The molecule has 1 aromatic rings. The van der Waals surface area contributed by atoms with E-state index in [9.17, 15) is 4.79 Å². The summed E-state index contributed by atoms with van der Waals surface area (Å²) >= 11 is 4.05. The molecule has 0 aliphatic rings. The summed E-state index contributed by atoms with van der Waals surface area (Å²) in [6, 6.07) is 6.76. The Hall–Kier alpha value is -1.47. The molecule has 1 rings (SSSR count). The van der Waals surface area contributed by atoms with Crippen molar-refractivity contribution in [3.63, 3.8) is 0 Å². The lowest BCUT2D eigenvalue weighted by Crippen LogP contribution is -2.02. The van der Waals surface area contributed by atoms with Crippen LogP contribution >= 0.6 is 12.6 Å². The van der Waals surface area contributed by atoms with Gasteiger partial charge < -0.3 is 5.11 Å². The molecule has 0 radical (unpaired) electrons. The van der Waals surface area contributed by atoms with E-state index in [1.54, 1.807) is 18.2 Å². The SMILES string of the molecule is N#Cc1cc(S)ccc1CC(=O)O. The number of carbonyl (C=O) groups is 1. The van der Waals surface area contributed by atoms with Crippen LogP contribution in [-0.2, 0) is 11.2 Å². The monoisotopic (exact) mass is 193 g/mol. The highest BCUT2D eigenvalue weighted by molar-refractivity contribution is 7.80. The molecule has 0 aliphatic carbocycles. The van der Waals surface area contributed by atoms with Gasteiger partial charge in [0.05, 0.1) is 18.1 Å². The number of benzene rings is 1. The minimum atomic E-state index is -0.941. The molecule has 0 aromatic heterocycles. The molecule has 0 saturated heterocycles. The molecule has 0 spiro atoms. The van der Waals surface area contributed by atoms with Gasteiger partial charge in [-0.3, -0.25) is 4.79 Å². The number of carboxylic acid groups (broad SMARTS) is 1. The Kier molecular flexibility index (Phi) is 2.93. The molecular formula is C9H7NO2S. The number of carboxylic acids is 1. The summed E-state index contributed by atoms with van der Waals surface area (Å²) in [4.78, 5) is 11.1. The molecular weight excluding hydrogens is 186 g/mol. The third-order valence-corrected chi connectivity index (χ3v) is 1.83. The summed E-state index contributed by atoms with van der Waals surface area (Å²) in [6.07, 6.45) is -0.128. The fourth-order valence-electron chi connectivity index (χ4n) is 0.986. The predicted molar refractivity (Wildman–Crippen MR) is 49.7 cm³/mol. The maximum atomic E-state index is 10.4. The summed E-state index contributed by atoms with van der Waals surface area (Å²) in [5, 5.41) is 17.2. The first-order valence-electron chi connectivity index (χ1n) is 3.57. The molecule has 0 aliphatic heterocycles. The summed E-state index contributed by atoms with van der Waals surface area (Å²) in [6.45, 7) is 0. The van der Waals surface area contributed by atoms with E-state index in [2.05, 4.69) is 12.6 Å². The minimum Gasteiger partial charge on any atom is -0.481 e. The van der Waals surface area contributed by atoms with Crippen LogP contribution in [0.1, 0.15) is 11.1 Å². The van der Waals surface area contributed by atoms with E-state index in [0.717, 1.165) is 0 Å². The summed E-state index contributed by atoms with van der Waals surface area (Å²) < 4.78 is 0. The quantitative estimate of drug-likeness (QED) is 0.699. The molecule has 0 heterocycles. The zero-order valence-corrected chi connectivity index (χ0v) is 7.58. The number of hydrogen-bond donors (Lipinski definition) is 2. The van der Waals surface area contributed by atoms with Crippen LogP contribution in [0.5, 0.6) is 0 Å². The summed E-state index contributed by atoms with van der Waals surface area (Å²) in [7, 11) is 0. The Balaban J connectivity index is 3.08. The lowest BCUT2D eigenvalue weighted by Gasteiger charge is -2.00. The average molecular weight is 193 g/mol. The molecule has 0 bridgehead atoms. The molecule has 3 nitrogen and oxygen atoms in total. The smallest absolute Gasteiger partial charge is 0.307 e. The van der Waals surface area contributed by atoms with Crippen molar-refractivity contribution < 1.29 is 9.90 Å². The number of aliphatic carboxylic acids is 1. The van der Waals surface area contributed by atoms with Crippen LogP contribution in [0.2, 0.25) is 0 Å². The average Bonchev–Trinajstić information content (AvgIpc) is 2.07. The second-order valence-corrected chi connectivity index (χ2v) is 3.04. The van der Waals surface area contributed by atoms with Gasteiger partial charge in [0, 0.05) is 4.90 Å². The van der Waals surface area contributed by atoms with Gasteiger partial charge >= 0.3 is 5.97 Å². The largest absolute Gasteiger partial charge is 0.481 e. The molecule has 0 amide bonds. The molecule has 0 unspecified atom stereocenters. The second-order valence-electron chi connectivity index (χ2n) is 2.52. The van der Waals surface area contributed by atoms with E-state index in [0.29, 0.717) is 16.0 Å². The zero-order valence-electron chi connectivity index (χ0n) is 6.69. The highest BCUT2D eigenvalue weighted by Gasteiger charge is 2.06. The first-order chi connectivity index (χ1) is 6.13. The maximum Gasteiger partial charge on any atom is 0.307 e. The lowest BCUT2D eigenvalue weighted by molar-refractivity contribution is -0.136. The van der Waals surface area contributed by atoms with E-state index >= 15 is 0 Å². The van der Waals surface area contributed by atoms with Crippen molar-refractivity contribution >= 4 is 18.6 Å². The Labute approximate surface area is 81.0 Å². The Morgan fingerprint density at radius 3 is 2.85 bits per heavy atom. The van der Waals surface area contributed by atoms with Crippen molar-refractivity contribution in [1.29, 1.82) is 5.26 Å². The Morgan fingerprint density at radius 1 is 1.62 bits per heavy atom. The van der Waals surface area contributed by atoms with Gasteiger partial charge in [0.25, 0.3) is 0 Å². The minimum absolute atomic E-state index is 0.128. The van der Waals surface area contributed by atoms with E-state index in [4.69, 9.17) is 10.4 Å². The van der Waals surface area contributed by atoms with Gasteiger partial charge in [0.15, 0.2) is 0 Å². The van der Waals surface area contributed by atoms with Crippen molar-refractivity contribution in [1.82, 2.24) is 0 Å². The Morgan fingerprint density at radius 2 is 2.31 bits per heavy atom. The molecule has 0 atom stereocenters. The predicted octanol–water partition coefficient (Wildman–Crippen LogP) is 1.47. The van der Waals surface area contributed by atoms with Gasteiger partial charge in [-0.1, -0.05) is 6.07 Å². The highest BCUT2D eigenvalue weighted by atomic mass is 32.1. The third-order valence-electron chi connectivity index (χ3n) is 1.56. The van der Waals surface area contributed by atoms with Crippen LogP contribution in [0.15, 0.2) is 23.1 Å². The van der Waals surface area contributed by atoms with E-state index in [-0.39, 0.29) is 6.42 Å². The third kappa shape index (κ3) is 2.49. The molecule has 1 aromatic carbocycles. The summed E-state index contributed by atoms with van der Waals surface area (Å²) in [5.41, 5.74) is 0.891. The molecule has 0 saturated carbocycles. The zero-order chi connectivity index (χ0) is 9.84. The van der Waals surface area contributed by atoms with Crippen molar-refractivity contribution in [2.75, 3.05) is 0 Å². The molecule has 1 N–H and O–H groups in total. The van der Waals surface area contributed by atoms with E-state index < -0.39 is 5.97 Å². The van der Waals surface area contributed by atoms with Crippen LogP contribution < -0.4 is 0 Å². The molecule has 13 heavy (non-hydrogen) atoms. The van der Waals surface area contributed by atoms with Crippen LogP contribution in [0, 0.1) is 11.3 Å². The number of rotatable bonds is 2. The van der Waals surface area contributed by atoms with Crippen molar-refractivity contribution in [3.05, 3.63) is 29.3 Å². The van der Waals surface area contributed by atoms with Crippen LogP contribution in [-0.4, -0.2) is 11.1 Å². The number of nitriles is 1. The first-order valence-corrected chi connectivity index (χ1v) is 4.02. The number of nitrogens with zero attached hydrogens (tertiary/aromatic N) is 1. The van der Waals surface area contributed by atoms with Crippen LogP contribution in [0.25, 0.3) is 0 Å². The van der Waals surface area contributed by atoms with E-state index in [1.165, 1.54) is 0 Å². The van der Waals surface area contributed by atoms with Gasteiger partial charge in [-0.05, 0) is 17.7 Å². The van der Waals surface area contributed by atoms with Crippen molar-refractivity contribution in [3.8, 4) is 6.07 Å². The molecule has 66 valence electrons. The molecule has 4 heteroatoms. The van der Waals surface area contributed by atoms with E-state index in [1.807, 2.05) is 6.07 Å². The number of hydrogen-bond acceptors (Lipinski definition) is 3. The van der Waals surface area contributed by atoms with Crippen molar-refractivity contribution in [2.24, 2.45) is 0 Å². The normalized spacial score (nSPS) is 9.23.